The largest absolute Gasteiger partial charge is 0.484 e. The molecule has 0 spiro atoms. The van der Waals surface area contributed by atoms with Gasteiger partial charge in [0.15, 0.2) is 6.61 Å². The van der Waals surface area contributed by atoms with Crippen LogP contribution in [0.4, 0.5) is 0 Å². The number of benzene rings is 1. The molecule has 1 saturated heterocycles. The highest BCUT2D eigenvalue weighted by Gasteiger charge is 2.18. The van der Waals surface area contributed by atoms with Crippen molar-refractivity contribution in [1.29, 1.82) is 0 Å². The Hall–Kier alpha value is -1.68. The molecule has 1 aliphatic heterocycles. The van der Waals surface area contributed by atoms with Gasteiger partial charge in [0.25, 0.3) is 5.91 Å². The number of nitrogens with zero attached hydrogens (tertiary/aromatic N) is 1. The molecule has 0 unspecified atom stereocenters. The molecule has 0 aromatic heterocycles. The predicted octanol–water partition coefficient (Wildman–Crippen LogP) is 0.201. The van der Waals surface area contributed by atoms with E-state index in [1.165, 1.54) is 31.4 Å². The first-order chi connectivity index (χ1) is 12.4. The van der Waals surface area contributed by atoms with Gasteiger partial charge in [0.1, 0.15) is 5.75 Å². The Morgan fingerprint density at radius 3 is 2.50 bits per heavy atom. The first-order valence-corrected chi connectivity index (χ1v) is 10.1. The van der Waals surface area contributed by atoms with Crippen LogP contribution in [-0.4, -0.2) is 72.3 Å². The second kappa shape index (κ2) is 9.86. The molecule has 1 aliphatic rings. The third-order valence-electron chi connectivity index (χ3n) is 4.19. The van der Waals surface area contributed by atoms with Crippen LogP contribution in [0.1, 0.15) is 12.8 Å². The molecule has 1 heterocycles. The van der Waals surface area contributed by atoms with Crippen LogP contribution in [0, 0.1) is 0 Å². The molecule has 8 nitrogen and oxygen atoms in total. The second-order valence-corrected chi connectivity index (χ2v) is 8.06. The van der Waals surface area contributed by atoms with E-state index in [0.717, 1.165) is 25.9 Å². The summed E-state index contributed by atoms with van der Waals surface area (Å²) in [6.45, 7) is 2.35. The van der Waals surface area contributed by atoms with Gasteiger partial charge in [0, 0.05) is 19.7 Å². The molecule has 26 heavy (non-hydrogen) atoms. The zero-order chi connectivity index (χ0) is 19.0. The molecule has 9 heteroatoms. The van der Waals surface area contributed by atoms with Gasteiger partial charge in [-0.25, -0.2) is 13.1 Å². The molecule has 2 N–H and O–H groups in total. The Balaban J connectivity index is 1.78. The fourth-order valence-electron chi connectivity index (χ4n) is 2.65. The van der Waals surface area contributed by atoms with E-state index in [-0.39, 0.29) is 30.0 Å². The lowest BCUT2D eigenvalue weighted by molar-refractivity contribution is -0.124. The fraction of sp³-hybridized carbons (Fsp3) is 0.588. The van der Waals surface area contributed by atoms with E-state index in [4.69, 9.17) is 9.47 Å². The van der Waals surface area contributed by atoms with Gasteiger partial charge in [-0.2, -0.15) is 0 Å². The smallest absolute Gasteiger partial charge is 0.258 e. The molecular weight excluding hydrogens is 358 g/mol. The van der Waals surface area contributed by atoms with Crippen LogP contribution < -0.4 is 14.8 Å². The number of carbonyl (C=O) groups excluding carboxylic acids is 1. The Bertz CT molecular complexity index is 670. The Morgan fingerprint density at radius 1 is 1.23 bits per heavy atom. The van der Waals surface area contributed by atoms with Gasteiger partial charge >= 0.3 is 0 Å². The first-order valence-electron chi connectivity index (χ1n) is 8.60. The maximum absolute atomic E-state index is 12.1. The molecule has 1 amide bonds. The van der Waals surface area contributed by atoms with E-state index in [9.17, 15) is 13.2 Å². The number of ether oxygens (including phenoxy) is 2. The van der Waals surface area contributed by atoms with Gasteiger partial charge in [0.2, 0.25) is 10.0 Å². The normalized spacial score (nSPS) is 16.4. The summed E-state index contributed by atoms with van der Waals surface area (Å²) in [5.74, 6) is 0.275. The zero-order valence-corrected chi connectivity index (χ0v) is 16.0. The molecule has 2 rings (SSSR count). The van der Waals surface area contributed by atoms with Crippen molar-refractivity contribution in [3.05, 3.63) is 24.3 Å². The third-order valence-corrected chi connectivity index (χ3v) is 5.66. The van der Waals surface area contributed by atoms with Crippen molar-refractivity contribution in [2.24, 2.45) is 0 Å². The van der Waals surface area contributed by atoms with Crippen LogP contribution in [0.5, 0.6) is 5.75 Å². The quantitative estimate of drug-likeness (QED) is 0.590. The summed E-state index contributed by atoms with van der Waals surface area (Å²) in [4.78, 5) is 14.3. The predicted molar refractivity (Wildman–Crippen MR) is 97.7 cm³/mol. The van der Waals surface area contributed by atoms with Crippen molar-refractivity contribution < 1.29 is 22.7 Å². The van der Waals surface area contributed by atoms with E-state index in [0.29, 0.717) is 12.4 Å². The zero-order valence-electron chi connectivity index (χ0n) is 15.2. The summed E-state index contributed by atoms with van der Waals surface area (Å²) in [5.41, 5.74) is 0. The number of sulfonamides is 1. The number of piperidine rings is 1. The summed E-state index contributed by atoms with van der Waals surface area (Å²) >= 11 is 0. The van der Waals surface area contributed by atoms with Crippen LogP contribution in [0.3, 0.4) is 0 Å². The molecule has 1 fully saturated rings. The van der Waals surface area contributed by atoms with Crippen molar-refractivity contribution in [2.45, 2.75) is 23.8 Å². The minimum Gasteiger partial charge on any atom is -0.484 e. The number of rotatable bonds is 9. The van der Waals surface area contributed by atoms with Gasteiger partial charge in [-0.15, -0.1) is 0 Å². The van der Waals surface area contributed by atoms with Crippen molar-refractivity contribution >= 4 is 15.9 Å². The van der Waals surface area contributed by atoms with Gasteiger partial charge in [-0.05, 0) is 57.2 Å². The van der Waals surface area contributed by atoms with Gasteiger partial charge in [-0.3, -0.25) is 4.79 Å². The second-order valence-electron chi connectivity index (χ2n) is 6.30. The lowest BCUT2D eigenvalue weighted by atomic mass is 10.1. The molecule has 0 bridgehead atoms. The average molecular weight is 385 g/mol. The highest BCUT2D eigenvalue weighted by atomic mass is 32.2. The van der Waals surface area contributed by atoms with Gasteiger partial charge in [0.05, 0.1) is 11.5 Å². The van der Waals surface area contributed by atoms with Gasteiger partial charge in [-0.1, -0.05) is 0 Å². The Labute approximate surface area is 154 Å². The maximum Gasteiger partial charge on any atom is 0.258 e. The van der Waals surface area contributed by atoms with Crippen LogP contribution >= 0.6 is 0 Å². The van der Waals surface area contributed by atoms with Gasteiger partial charge < -0.3 is 19.7 Å². The van der Waals surface area contributed by atoms with Crippen molar-refractivity contribution in [3.8, 4) is 5.75 Å². The SMILES string of the molecule is COCCNS(=O)(=O)c1ccc(OCC(=O)NC2CCN(C)CC2)cc1. The number of methoxy groups -OCH3 is 1. The molecule has 0 aliphatic carbocycles. The molecule has 1 aromatic carbocycles. The third kappa shape index (κ3) is 6.56. The van der Waals surface area contributed by atoms with E-state index in [2.05, 4.69) is 22.0 Å². The van der Waals surface area contributed by atoms with E-state index >= 15 is 0 Å². The Kier molecular flexibility index (Phi) is 7.83. The highest BCUT2D eigenvalue weighted by molar-refractivity contribution is 7.89. The van der Waals surface area contributed by atoms with Crippen LogP contribution in [0.25, 0.3) is 0 Å². The first kappa shape index (κ1) is 20.6. The van der Waals surface area contributed by atoms with E-state index < -0.39 is 10.0 Å². The topological polar surface area (TPSA) is 97.0 Å². The molecule has 146 valence electrons. The average Bonchev–Trinajstić information content (AvgIpc) is 2.62. The molecular formula is C17H27N3O5S. The fourth-order valence-corrected chi connectivity index (χ4v) is 3.66. The molecule has 0 atom stereocenters. The summed E-state index contributed by atoms with van der Waals surface area (Å²) in [6.07, 6.45) is 1.87. The molecule has 1 aromatic rings. The highest BCUT2D eigenvalue weighted by Crippen LogP contribution is 2.16. The minimum atomic E-state index is -3.57. The van der Waals surface area contributed by atoms with E-state index in [1.54, 1.807) is 0 Å². The number of likely N-dealkylation sites (tertiary alicyclic amines) is 1. The number of hydrogen-bond acceptors (Lipinski definition) is 6. The number of nitrogens with one attached hydrogen (secondary N) is 2. The summed E-state index contributed by atoms with van der Waals surface area (Å²) in [5, 5.41) is 2.97. The number of hydrogen-bond donors (Lipinski definition) is 2. The molecule has 0 saturated carbocycles. The number of carbonyl (C=O) groups is 1. The van der Waals surface area contributed by atoms with Crippen LogP contribution in [-0.2, 0) is 19.6 Å². The Morgan fingerprint density at radius 2 is 1.88 bits per heavy atom. The summed E-state index contributed by atoms with van der Waals surface area (Å²) in [6, 6.07) is 6.15. The standard InChI is InChI=1S/C17H27N3O5S/c1-20-10-7-14(8-11-20)19-17(21)13-25-15-3-5-16(6-4-15)26(22,23)18-9-12-24-2/h3-6,14,18H,7-13H2,1-2H3,(H,19,21). The summed E-state index contributed by atoms with van der Waals surface area (Å²) < 4.78 is 36.8. The monoisotopic (exact) mass is 385 g/mol. The number of amides is 1. The lowest BCUT2D eigenvalue weighted by Crippen LogP contribution is -2.44. The van der Waals surface area contributed by atoms with Crippen molar-refractivity contribution in [2.75, 3.05) is 47.0 Å². The molecule has 0 radical (unpaired) electrons. The summed E-state index contributed by atoms with van der Waals surface area (Å²) in [7, 11) is -0.00222. The maximum atomic E-state index is 12.1. The van der Waals surface area contributed by atoms with Crippen LogP contribution in [0.2, 0.25) is 0 Å². The van der Waals surface area contributed by atoms with Crippen molar-refractivity contribution in [3.63, 3.8) is 0 Å². The van der Waals surface area contributed by atoms with Crippen LogP contribution in [0.15, 0.2) is 29.2 Å². The van der Waals surface area contributed by atoms with Crippen molar-refractivity contribution in [1.82, 2.24) is 14.9 Å². The van der Waals surface area contributed by atoms with E-state index in [1.807, 2.05) is 0 Å². The minimum absolute atomic E-state index is 0.0927. The lowest BCUT2D eigenvalue weighted by Gasteiger charge is -2.29.